The minimum absolute atomic E-state index is 0.734. The van der Waals surface area contributed by atoms with Gasteiger partial charge in [-0.05, 0) is 50.1 Å². The van der Waals surface area contributed by atoms with Gasteiger partial charge in [0.1, 0.15) is 0 Å². The molecule has 0 aliphatic carbocycles. The van der Waals surface area contributed by atoms with Gasteiger partial charge < -0.3 is 19.4 Å². The maximum atomic E-state index is 5.46. The van der Waals surface area contributed by atoms with Gasteiger partial charge >= 0.3 is 0 Å². The Balaban J connectivity index is 1.75. The molecule has 5 nitrogen and oxygen atoms in total. The van der Waals surface area contributed by atoms with Crippen LogP contribution >= 0.6 is 0 Å². The van der Waals surface area contributed by atoms with E-state index in [0.29, 0.717) is 0 Å². The summed E-state index contributed by atoms with van der Waals surface area (Å²) in [6.07, 6.45) is 4.98. The van der Waals surface area contributed by atoms with Gasteiger partial charge in [0.05, 0.1) is 26.2 Å². The Morgan fingerprint density at radius 1 is 1.00 bits per heavy atom. The highest BCUT2D eigenvalue weighted by atomic mass is 16.5. The maximum absolute atomic E-state index is 5.46. The van der Waals surface area contributed by atoms with E-state index in [9.17, 15) is 0 Å². The number of imidazole rings is 1. The minimum atomic E-state index is 0.734. The van der Waals surface area contributed by atoms with Crippen LogP contribution in [0.3, 0.4) is 0 Å². The van der Waals surface area contributed by atoms with E-state index in [2.05, 4.69) is 52.3 Å². The van der Waals surface area contributed by atoms with E-state index < -0.39 is 0 Å². The number of hydrogen-bond donors (Lipinski definition) is 1. The van der Waals surface area contributed by atoms with Crippen LogP contribution in [0.25, 0.3) is 11.1 Å². The molecule has 0 saturated heterocycles. The predicted molar refractivity (Wildman–Crippen MR) is 110 cm³/mol. The molecule has 0 spiro atoms. The smallest absolute Gasteiger partial charge is 0.161 e. The third kappa shape index (κ3) is 4.61. The number of ether oxygens (including phenoxy) is 2. The van der Waals surface area contributed by atoms with Crippen molar-refractivity contribution in [2.45, 2.75) is 26.8 Å². The van der Waals surface area contributed by atoms with Crippen molar-refractivity contribution >= 4 is 5.69 Å². The number of benzene rings is 2. The number of nitrogens with zero attached hydrogens (tertiary/aromatic N) is 2. The van der Waals surface area contributed by atoms with Crippen molar-refractivity contribution in [3.8, 4) is 22.6 Å². The average molecular weight is 365 g/mol. The first-order valence-electron chi connectivity index (χ1n) is 9.16. The van der Waals surface area contributed by atoms with Crippen LogP contribution in [0, 0.1) is 13.8 Å². The lowest BCUT2D eigenvalue weighted by molar-refractivity contribution is 0.355. The van der Waals surface area contributed by atoms with Crippen LogP contribution in [-0.4, -0.2) is 30.3 Å². The third-order valence-electron chi connectivity index (χ3n) is 4.54. The molecule has 0 bridgehead atoms. The van der Waals surface area contributed by atoms with Crippen LogP contribution in [0.4, 0.5) is 5.69 Å². The molecule has 27 heavy (non-hydrogen) atoms. The van der Waals surface area contributed by atoms with E-state index in [0.717, 1.165) is 53.5 Å². The molecule has 1 aromatic heterocycles. The molecular formula is C22H27N3O2. The molecule has 3 rings (SSSR count). The summed E-state index contributed by atoms with van der Waals surface area (Å²) < 4.78 is 12.9. The van der Waals surface area contributed by atoms with Crippen molar-refractivity contribution in [1.29, 1.82) is 0 Å². The zero-order valence-electron chi connectivity index (χ0n) is 16.5. The summed E-state index contributed by atoms with van der Waals surface area (Å²) in [6, 6.07) is 12.5. The number of rotatable bonds is 8. The van der Waals surface area contributed by atoms with Crippen molar-refractivity contribution in [3.63, 3.8) is 0 Å². The zero-order valence-corrected chi connectivity index (χ0v) is 16.5. The van der Waals surface area contributed by atoms with E-state index in [4.69, 9.17) is 9.47 Å². The first kappa shape index (κ1) is 18.8. The average Bonchev–Trinajstić information content (AvgIpc) is 3.10. The second-order valence-electron chi connectivity index (χ2n) is 6.65. The van der Waals surface area contributed by atoms with E-state index in [1.54, 1.807) is 14.2 Å². The van der Waals surface area contributed by atoms with Crippen LogP contribution < -0.4 is 14.8 Å². The first-order chi connectivity index (χ1) is 13.1. The second kappa shape index (κ2) is 8.62. The van der Waals surface area contributed by atoms with Crippen molar-refractivity contribution in [2.24, 2.45) is 0 Å². The van der Waals surface area contributed by atoms with Crippen molar-refractivity contribution in [1.82, 2.24) is 9.55 Å². The van der Waals surface area contributed by atoms with Gasteiger partial charge in [0.25, 0.3) is 0 Å². The van der Waals surface area contributed by atoms with Crippen molar-refractivity contribution in [2.75, 3.05) is 26.1 Å². The van der Waals surface area contributed by atoms with E-state index in [-0.39, 0.29) is 0 Å². The maximum Gasteiger partial charge on any atom is 0.161 e. The molecule has 0 unspecified atom stereocenters. The molecule has 1 heterocycles. The number of methoxy groups -OCH3 is 2. The van der Waals surface area contributed by atoms with Gasteiger partial charge in [0.15, 0.2) is 11.5 Å². The zero-order chi connectivity index (χ0) is 19.2. The second-order valence-corrected chi connectivity index (χ2v) is 6.65. The summed E-state index contributed by atoms with van der Waals surface area (Å²) >= 11 is 0. The molecule has 0 radical (unpaired) electrons. The van der Waals surface area contributed by atoms with Gasteiger partial charge in [0, 0.05) is 30.5 Å². The third-order valence-corrected chi connectivity index (χ3v) is 4.54. The van der Waals surface area contributed by atoms with Gasteiger partial charge in [0.2, 0.25) is 0 Å². The molecular weight excluding hydrogens is 338 g/mol. The topological polar surface area (TPSA) is 48.3 Å². The lowest BCUT2D eigenvalue weighted by atomic mass is 10.0. The minimum Gasteiger partial charge on any atom is -0.493 e. The monoisotopic (exact) mass is 365 g/mol. The normalized spacial score (nSPS) is 10.7. The lowest BCUT2D eigenvalue weighted by Gasteiger charge is -2.15. The molecule has 0 amide bonds. The Morgan fingerprint density at radius 2 is 1.81 bits per heavy atom. The van der Waals surface area contributed by atoms with Crippen LogP contribution in [-0.2, 0) is 6.54 Å². The van der Waals surface area contributed by atoms with E-state index in [1.807, 2.05) is 25.4 Å². The molecule has 142 valence electrons. The summed E-state index contributed by atoms with van der Waals surface area (Å²) in [7, 11) is 3.31. The summed E-state index contributed by atoms with van der Waals surface area (Å²) in [5, 5.41) is 3.58. The summed E-state index contributed by atoms with van der Waals surface area (Å²) in [5.74, 6) is 1.47. The van der Waals surface area contributed by atoms with E-state index >= 15 is 0 Å². The van der Waals surface area contributed by atoms with Crippen LogP contribution in [0.2, 0.25) is 0 Å². The largest absolute Gasteiger partial charge is 0.493 e. The van der Waals surface area contributed by atoms with Gasteiger partial charge in [-0.15, -0.1) is 0 Å². The molecule has 3 aromatic rings. The molecule has 0 saturated carbocycles. The molecule has 0 atom stereocenters. The molecule has 0 fully saturated rings. The molecule has 2 aromatic carbocycles. The highest BCUT2D eigenvalue weighted by Crippen LogP contribution is 2.35. The standard InChI is InChI=1S/C22H27N3O2/c1-16-6-8-20(23-10-5-11-25-14-17(2)24-15-25)19(12-16)18-7-9-21(26-3)22(13-18)27-4/h6-9,12-15,23H,5,10-11H2,1-4H3. The number of hydrogen-bond acceptors (Lipinski definition) is 4. The fraction of sp³-hybridized carbons (Fsp3) is 0.318. The van der Waals surface area contributed by atoms with E-state index in [1.165, 1.54) is 5.56 Å². The quantitative estimate of drug-likeness (QED) is 0.589. The number of aryl methyl sites for hydroxylation is 3. The molecule has 0 aliphatic heterocycles. The predicted octanol–water partition coefficient (Wildman–Crippen LogP) is 4.69. The molecule has 5 heteroatoms. The Morgan fingerprint density at radius 3 is 2.52 bits per heavy atom. The first-order valence-corrected chi connectivity index (χ1v) is 9.16. The highest BCUT2D eigenvalue weighted by molar-refractivity contribution is 5.80. The number of nitrogens with one attached hydrogen (secondary N) is 1. The van der Waals surface area contributed by atoms with Gasteiger partial charge in [-0.1, -0.05) is 17.7 Å². The van der Waals surface area contributed by atoms with Gasteiger partial charge in [-0.3, -0.25) is 0 Å². The molecule has 1 N–H and O–H groups in total. The molecule has 0 aliphatic rings. The Bertz CT molecular complexity index is 902. The van der Waals surface area contributed by atoms with Crippen LogP contribution in [0.5, 0.6) is 11.5 Å². The van der Waals surface area contributed by atoms with Crippen molar-refractivity contribution < 1.29 is 9.47 Å². The van der Waals surface area contributed by atoms with Crippen LogP contribution in [0.1, 0.15) is 17.7 Å². The lowest BCUT2D eigenvalue weighted by Crippen LogP contribution is -2.06. The fourth-order valence-corrected chi connectivity index (χ4v) is 3.13. The number of aromatic nitrogens is 2. The summed E-state index contributed by atoms with van der Waals surface area (Å²) in [4.78, 5) is 4.27. The Labute approximate surface area is 161 Å². The fourth-order valence-electron chi connectivity index (χ4n) is 3.13. The number of anilines is 1. The van der Waals surface area contributed by atoms with Crippen molar-refractivity contribution in [3.05, 3.63) is 60.2 Å². The Hall–Kier alpha value is -2.95. The van der Waals surface area contributed by atoms with Gasteiger partial charge in [-0.2, -0.15) is 0 Å². The van der Waals surface area contributed by atoms with Gasteiger partial charge in [-0.25, -0.2) is 4.98 Å². The Kier molecular flexibility index (Phi) is 6.01. The van der Waals surface area contributed by atoms with Crippen LogP contribution in [0.15, 0.2) is 48.9 Å². The highest BCUT2D eigenvalue weighted by Gasteiger charge is 2.10. The summed E-state index contributed by atoms with van der Waals surface area (Å²) in [5.41, 5.74) is 5.66. The summed E-state index contributed by atoms with van der Waals surface area (Å²) in [6.45, 7) is 5.96. The SMILES string of the molecule is COc1ccc(-c2cc(C)ccc2NCCCn2cnc(C)c2)cc1OC.